The van der Waals surface area contributed by atoms with Crippen molar-refractivity contribution in [2.75, 3.05) is 23.7 Å². The Kier molecular flexibility index (Phi) is 3.12. The zero-order valence-corrected chi connectivity index (χ0v) is 12.4. The van der Waals surface area contributed by atoms with E-state index in [1.807, 2.05) is 0 Å². The Morgan fingerprint density at radius 2 is 2.09 bits per heavy atom. The average molecular weight is 320 g/mol. The Morgan fingerprint density at radius 1 is 1.35 bits per heavy atom. The van der Waals surface area contributed by atoms with Crippen LogP contribution in [-0.2, 0) is 4.74 Å². The Hall–Kier alpha value is -2.42. The fraction of sp³-hybridized carbons (Fsp3) is 0.500. The lowest BCUT2D eigenvalue weighted by atomic mass is 10.2. The molecule has 2 saturated heterocycles. The SMILES string of the molecule is C=C1O[C@@H](n2cnc3c(N4CCCC4)nc(N)nc32)[C@H](F)[C@@H]1O. The van der Waals surface area contributed by atoms with Crippen LogP contribution in [0.3, 0.4) is 0 Å². The number of aliphatic hydroxyl groups excluding tert-OH is 1. The van der Waals surface area contributed by atoms with Crippen molar-refractivity contribution in [3.05, 3.63) is 18.7 Å². The van der Waals surface area contributed by atoms with Crippen LogP contribution in [-0.4, -0.2) is 50.0 Å². The van der Waals surface area contributed by atoms with E-state index in [2.05, 4.69) is 26.4 Å². The summed E-state index contributed by atoms with van der Waals surface area (Å²) in [5.41, 5.74) is 6.75. The third-order valence-corrected chi connectivity index (χ3v) is 4.28. The molecular weight excluding hydrogens is 303 g/mol. The van der Waals surface area contributed by atoms with Crippen LogP contribution in [0.15, 0.2) is 18.7 Å². The highest BCUT2D eigenvalue weighted by Gasteiger charge is 2.42. The van der Waals surface area contributed by atoms with Crippen molar-refractivity contribution in [3.8, 4) is 0 Å². The quantitative estimate of drug-likeness (QED) is 0.841. The van der Waals surface area contributed by atoms with Gasteiger partial charge in [-0.05, 0) is 12.8 Å². The van der Waals surface area contributed by atoms with Crippen molar-refractivity contribution in [1.82, 2.24) is 19.5 Å². The molecule has 2 aliphatic rings. The minimum atomic E-state index is -1.65. The van der Waals surface area contributed by atoms with Gasteiger partial charge in [0.05, 0.1) is 0 Å². The molecule has 0 aliphatic carbocycles. The van der Waals surface area contributed by atoms with Gasteiger partial charge in [0.15, 0.2) is 23.2 Å². The zero-order chi connectivity index (χ0) is 16.1. The number of nitrogen functional groups attached to an aromatic ring is 1. The Bertz CT molecular complexity index is 772. The fourth-order valence-corrected chi connectivity index (χ4v) is 3.09. The third-order valence-electron chi connectivity index (χ3n) is 4.28. The number of ether oxygens (including phenoxy) is 1. The maximum absolute atomic E-state index is 14.3. The summed E-state index contributed by atoms with van der Waals surface area (Å²) in [6.07, 6.45) is -0.488. The van der Waals surface area contributed by atoms with E-state index in [0.717, 1.165) is 25.9 Å². The van der Waals surface area contributed by atoms with Gasteiger partial charge < -0.3 is 20.5 Å². The first-order chi connectivity index (χ1) is 11.1. The van der Waals surface area contributed by atoms with Gasteiger partial charge in [-0.25, -0.2) is 9.37 Å². The van der Waals surface area contributed by atoms with Crippen LogP contribution < -0.4 is 10.6 Å². The molecule has 0 radical (unpaired) electrons. The number of aliphatic hydroxyl groups is 1. The van der Waals surface area contributed by atoms with Crippen LogP contribution in [0.2, 0.25) is 0 Å². The van der Waals surface area contributed by atoms with E-state index in [9.17, 15) is 9.50 Å². The van der Waals surface area contributed by atoms with Gasteiger partial charge in [-0.1, -0.05) is 6.58 Å². The smallest absolute Gasteiger partial charge is 0.224 e. The molecular formula is C14H17FN6O2. The second kappa shape index (κ2) is 5.05. The lowest BCUT2D eigenvalue weighted by Gasteiger charge is -2.18. The first-order valence-electron chi connectivity index (χ1n) is 7.49. The van der Waals surface area contributed by atoms with Crippen molar-refractivity contribution >= 4 is 22.9 Å². The summed E-state index contributed by atoms with van der Waals surface area (Å²) in [5, 5.41) is 9.69. The number of fused-ring (bicyclic) bond motifs is 1. The second-order valence-electron chi connectivity index (χ2n) is 5.79. The highest BCUT2D eigenvalue weighted by Crippen LogP contribution is 2.36. The molecule has 23 heavy (non-hydrogen) atoms. The lowest BCUT2D eigenvalue weighted by Crippen LogP contribution is -2.24. The summed E-state index contributed by atoms with van der Waals surface area (Å²) in [4.78, 5) is 14.9. The van der Waals surface area contributed by atoms with Crippen LogP contribution in [0, 0.1) is 0 Å². The predicted octanol–water partition coefficient (Wildman–Crippen LogP) is 0.750. The molecule has 8 nitrogen and oxygen atoms in total. The largest absolute Gasteiger partial charge is 0.469 e. The number of alkyl halides is 1. The van der Waals surface area contributed by atoms with Crippen LogP contribution in [0.5, 0.6) is 0 Å². The van der Waals surface area contributed by atoms with Gasteiger partial charge >= 0.3 is 0 Å². The van der Waals surface area contributed by atoms with Crippen LogP contribution in [0.1, 0.15) is 19.1 Å². The van der Waals surface area contributed by atoms with Gasteiger partial charge in [0.2, 0.25) is 12.2 Å². The molecule has 3 atom stereocenters. The molecule has 0 aromatic carbocycles. The molecule has 3 N–H and O–H groups in total. The molecule has 2 aliphatic heterocycles. The first-order valence-corrected chi connectivity index (χ1v) is 7.49. The summed E-state index contributed by atoms with van der Waals surface area (Å²) in [6, 6.07) is 0. The van der Waals surface area contributed by atoms with Gasteiger partial charge in [0.1, 0.15) is 18.2 Å². The Morgan fingerprint density at radius 3 is 2.74 bits per heavy atom. The molecule has 4 rings (SSSR count). The minimum Gasteiger partial charge on any atom is -0.469 e. The molecule has 4 heterocycles. The number of aromatic nitrogens is 4. The molecule has 0 saturated carbocycles. The maximum atomic E-state index is 14.3. The van der Waals surface area contributed by atoms with Gasteiger partial charge in [0, 0.05) is 13.1 Å². The highest BCUT2D eigenvalue weighted by molar-refractivity contribution is 5.85. The zero-order valence-electron chi connectivity index (χ0n) is 12.4. The minimum absolute atomic E-state index is 0.00820. The van der Waals surface area contributed by atoms with Crippen molar-refractivity contribution in [3.63, 3.8) is 0 Å². The number of nitrogens with two attached hydrogens (primary N) is 1. The van der Waals surface area contributed by atoms with E-state index in [1.165, 1.54) is 10.9 Å². The standard InChI is InChI=1S/C14H17FN6O2/c1-7-10(22)8(15)13(23-7)21-6-17-9-11(20-4-2-3-5-20)18-14(16)19-12(9)21/h6,8,10,13,22H,1-5H2,(H2,16,18,19)/t8-,10-,13-/m1/s1. The molecule has 0 unspecified atom stereocenters. The van der Waals surface area contributed by atoms with Crippen LogP contribution >= 0.6 is 0 Å². The summed E-state index contributed by atoms with van der Waals surface area (Å²) in [7, 11) is 0. The Labute approximate surface area is 131 Å². The van der Waals surface area contributed by atoms with E-state index in [0.29, 0.717) is 17.0 Å². The van der Waals surface area contributed by atoms with Gasteiger partial charge in [-0.3, -0.25) is 4.57 Å². The van der Waals surface area contributed by atoms with Crippen molar-refractivity contribution in [1.29, 1.82) is 0 Å². The van der Waals surface area contributed by atoms with E-state index >= 15 is 0 Å². The summed E-state index contributed by atoms with van der Waals surface area (Å²) < 4.78 is 21.0. The number of imidazole rings is 1. The van der Waals surface area contributed by atoms with E-state index in [4.69, 9.17) is 10.5 Å². The Balaban J connectivity index is 1.82. The number of rotatable bonds is 2. The van der Waals surface area contributed by atoms with Crippen LogP contribution in [0.25, 0.3) is 11.2 Å². The summed E-state index contributed by atoms with van der Waals surface area (Å²) in [5.74, 6) is 0.733. The van der Waals surface area contributed by atoms with E-state index in [1.54, 1.807) is 0 Å². The summed E-state index contributed by atoms with van der Waals surface area (Å²) in [6.45, 7) is 5.26. The average Bonchev–Trinajstić information content (AvgIpc) is 3.23. The normalized spacial score (nSPS) is 27.8. The van der Waals surface area contributed by atoms with E-state index < -0.39 is 18.5 Å². The van der Waals surface area contributed by atoms with Crippen LogP contribution in [0.4, 0.5) is 16.2 Å². The molecule has 2 fully saturated rings. The number of nitrogens with zero attached hydrogens (tertiary/aromatic N) is 5. The number of halogens is 1. The number of anilines is 2. The second-order valence-corrected chi connectivity index (χ2v) is 5.79. The number of hydrogen-bond donors (Lipinski definition) is 2. The molecule has 0 spiro atoms. The molecule has 122 valence electrons. The van der Waals surface area contributed by atoms with E-state index in [-0.39, 0.29) is 11.7 Å². The summed E-state index contributed by atoms with van der Waals surface area (Å²) >= 11 is 0. The van der Waals surface area contributed by atoms with Crippen molar-refractivity contribution < 1.29 is 14.2 Å². The highest BCUT2D eigenvalue weighted by atomic mass is 19.1. The predicted molar refractivity (Wildman–Crippen MR) is 81.3 cm³/mol. The molecule has 0 amide bonds. The fourth-order valence-electron chi connectivity index (χ4n) is 3.09. The van der Waals surface area contributed by atoms with Crippen molar-refractivity contribution in [2.24, 2.45) is 0 Å². The molecule has 0 bridgehead atoms. The van der Waals surface area contributed by atoms with Gasteiger partial charge in [0.25, 0.3) is 0 Å². The topological polar surface area (TPSA) is 102 Å². The molecule has 9 heteroatoms. The molecule has 2 aromatic rings. The maximum Gasteiger partial charge on any atom is 0.224 e. The van der Waals surface area contributed by atoms with Crippen molar-refractivity contribution in [2.45, 2.75) is 31.3 Å². The third kappa shape index (κ3) is 2.11. The first kappa shape index (κ1) is 14.2. The van der Waals surface area contributed by atoms with Gasteiger partial charge in [-0.2, -0.15) is 9.97 Å². The lowest BCUT2D eigenvalue weighted by molar-refractivity contribution is 0.0406. The van der Waals surface area contributed by atoms with Gasteiger partial charge in [-0.15, -0.1) is 0 Å². The number of hydrogen-bond acceptors (Lipinski definition) is 7. The monoisotopic (exact) mass is 320 g/mol. The molecule has 2 aromatic heterocycles.